The highest BCUT2D eigenvalue weighted by Gasteiger charge is 2.16. The molecule has 0 aliphatic carbocycles. The van der Waals surface area contributed by atoms with Gasteiger partial charge >= 0.3 is 0 Å². The Morgan fingerprint density at radius 3 is 2.20 bits per heavy atom. The predicted octanol–water partition coefficient (Wildman–Crippen LogP) is 4.22. The van der Waals surface area contributed by atoms with Crippen LogP contribution in [0.15, 0.2) is 18.2 Å². The normalized spacial score (nSPS) is 12.2. The molecule has 0 radical (unpaired) electrons. The average Bonchev–Trinajstić information content (AvgIpc) is 2.10. The van der Waals surface area contributed by atoms with Gasteiger partial charge in [0.1, 0.15) is 0 Å². The highest BCUT2D eigenvalue weighted by molar-refractivity contribution is 6.42. The van der Waals surface area contributed by atoms with Crippen molar-refractivity contribution in [2.75, 3.05) is 7.05 Å². The van der Waals surface area contributed by atoms with Crippen LogP contribution in [0.25, 0.3) is 0 Å². The molecule has 1 aromatic carbocycles. The van der Waals surface area contributed by atoms with Crippen LogP contribution < -0.4 is 0 Å². The van der Waals surface area contributed by atoms with E-state index in [0.717, 1.165) is 6.54 Å². The lowest BCUT2D eigenvalue weighted by atomic mass is 10.1. The first-order valence-electron chi connectivity index (χ1n) is 4.96. The summed E-state index contributed by atoms with van der Waals surface area (Å²) in [4.78, 5) is 2.27. The van der Waals surface area contributed by atoms with Crippen LogP contribution >= 0.6 is 23.2 Å². The first-order chi connectivity index (χ1) is 6.80. The molecule has 1 rings (SSSR count). The van der Waals surface area contributed by atoms with Crippen LogP contribution in [0.5, 0.6) is 0 Å². The van der Waals surface area contributed by atoms with Crippen molar-refractivity contribution >= 4 is 23.2 Å². The standard InChI is InChI=1S/C12H17Cl2N/c1-12(2,3)15(4)8-9-5-6-10(13)11(14)7-9/h5-7H,8H2,1-4H3. The molecule has 0 amide bonds. The molecule has 1 nitrogen and oxygen atoms in total. The second-order valence-electron chi connectivity index (χ2n) is 4.78. The zero-order valence-electron chi connectivity index (χ0n) is 9.64. The van der Waals surface area contributed by atoms with Gasteiger partial charge in [0, 0.05) is 12.1 Å². The Labute approximate surface area is 102 Å². The fourth-order valence-electron chi connectivity index (χ4n) is 1.15. The SMILES string of the molecule is CN(Cc1ccc(Cl)c(Cl)c1)C(C)(C)C. The van der Waals surface area contributed by atoms with Gasteiger partial charge in [-0.25, -0.2) is 0 Å². The highest BCUT2D eigenvalue weighted by Crippen LogP contribution is 2.24. The van der Waals surface area contributed by atoms with E-state index in [1.165, 1.54) is 5.56 Å². The Hall–Kier alpha value is -0.240. The molecule has 84 valence electrons. The third-order valence-corrected chi connectivity index (χ3v) is 3.29. The van der Waals surface area contributed by atoms with E-state index in [4.69, 9.17) is 23.2 Å². The summed E-state index contributed by atoms with van der Waals surface area (Å²) in [6, 6.07) is 5.78. The number of nitrogens with zero attached hydrogens (tertiary/aromatic N) is 1. The lowest BCUT2D eigenvalue weighted by molar-refractivity contribution is 0.167. The van der Waals surface area contributed by atoms with E-state index in [1.807, 2.05) is 18.2 Å². The zero-order valence-corrected chi connectivity index (χ0v) is 11.2. The van der Waals surface area contributed by atoms with E-state index < -0.39 is 0 Å². The molecule has 0 spiro atoms. The van der Waals surface area contributed by atoms with E-state index >= 15 is 0 Å². The van der Waals surface area contributed by atoms with Gasteiger partial charge in [0.2, 0.25) is 0 Å². The van der Waals surface area contributed by atoms with Crippen LogP contribution in [-0.2, 0) is 6.54 Å². The Morgan fingerprint density at radius 2 is 1.73 bits per heavy atom. The Morgan fingerprint density at radius 1 is 1.13 bits per heavy atom. The molecule has 0 unspecified atom stereocenters. The van der Waals surface area contributed by atoms with Gasteiger partial charge in [0.15, 0.2) is 0 Å². The van der Waals surface area contributed by atoms with Crippen molar-refractivity contribution in [2.24, 2.45) is 0 Å². The minimum absolute atomic E-state index is 0.159. The molecule has 0 fully saturated rings. The van der Waals surface area contributed by atoms with E-state index in [9.17, 15) is 0 Å². The molecule has 0 heterocycles. The van der Waals surface area contributed by atoms with Crippen LogP contribution in [0, 0.1) is 0 Å². The Kier molecular flexibility index (Phi) is 4.05. The number of hydrogen-bond donors (Lipinski definition) is 0. The van der Waals surface area contributed by atoms with Crippen molar-refractivity contribution in [3.63, 3.8) is 0 Å². The summed E-state index contributed by atoms with van der Waals surface area (Å²) < 4.78 is 0. The maximum absolute atomic E-state index is 5.96. The van der Waals surface area contributed by atoms with Gasteiger partial charge in [-0.2, -0.15) is 0 Å². The molecule has 0 saturated carbocycles. The second-order valence-corrected chi connectivity index (χ2v) is 5.59. The summed E-state index contributed by atoms with van der Waals surface area (Å²) in [6.07, 6.45) is 0. The van der Waals surface area contributed by atoms with Gasteiger partial charge in [-0.05, 0) is 45.5 Å². The first-order valence-corrected chi connectivity index (χ1v) is 5.71. The predicted molar refractivity (Wildman–Crippen MR) is 67.7 cm³/mol. The summed E-state index contributed by atoms with van der Waals surface area (Å²) in [6.45, 7) is 7.43. The van der Waals surface area contributed by atoms with Gasteiger partial charge < -0.3 is 0 Å². The van der Waals surface area contributed by atoms with E-state index in [1.54, 1.807) is 0 Å². The minimum Gasteiger partial charge on any atom is -0.297 e. The molecular weight excluding hydrogens is 229 g/mol. The van der Waals surface area contributed by atoms with Crippen molar-refractivity contribution in [2.45, 2.75) is 32.9 Å². The number of hydrogen-bond acceptors (Lipinski definition) is 1. The molecule has 0 N–H and O–H groups in total. The van der Waals surface area contributed by atoms with Crippen LogP contribution in [-0.4, -0.2) is 17.5 Å². The van der Waals surface area contributed by atoms with Gasteiger partial charge in [-0.3, -0.25) is 4.90 Å². The maximum Gasteiger partial charge on any atom is 0.0595 e. The van der Waals surface area contributed by atoms with Crippen molar-refractivity contribution in [3.8, 4) is 0 Å². The fourth-order valence-corrected chi connectivity index (χ4v) is 1.47. The largest absolute Gasteiger partial charge is 0.297 e. The van der Waals surface area contributed by atoms with E-state index in [2.05, 4.69) is 32.7 Å². The molecule has 0 aromatic heterocycles. The summed E-state index contributed by atoms with van der Waals surface area (Å²) in [5.74, 6) is 0. The van der Waals surface area contributed by atoms with Gasteiger partial charge in [-0.15, -0.1) is 0 Å². The van der Waals surface area contributed by atoms with E-state index in [0.29, 0.717) is 10.0 Å². The molecule has 1 aromatic rings. The topological polar surface area (TPSA) is 3.24 Å². The van der Waals surface area contributed by atoms with Crippen LogP contribution in [0.2, 0.25) is 10.0 Å². The zero-order chi connectivity index (χ0) is 11.6. The first kappa shape index (κ1) is 12.8. The second kappa shape index (κ2) is 4.73. The van der Waals surface area contributed by atoms with Crippen molar-refractivity contribution in [1.29, 1.82) is 0 Å². The van der Waals surface area contributed by atoms with E-state index in [-0.39, 0.29) is 5.54 Å². The minimum atomic E-state index is 0.159. The third kappa shape index (κ3) is 3.67. The number of halogens is 2. The molecule has 3 heteroatoms. The summed E-state index contributed by atoms with van der Waals surface area (Å²) in [5, 5.41) is 1.23. The fraction of sp³-hybridized carbons (Fsp3) is 0.500. The number of rotatable bonds is 2. The molecular formula is C12H17Cl2N. The van der Waals surface area contributed by atoms with Gasteiger partial charge in [-0.1, -0.05) is 29.3 Å². The summed E-state index contributed by atoms with van der Waals surface area (Å²) in [5.41, 5.74) is 1.34. The van der Waals surface area contributed by atoms with Crippen molar-refractivity contribution in [1.82, 2.24) is 4.90 Å². The van der Waals surface area contributed by atoms with Gasteiger partial charge in [0.05, 0.1) is 10.0 Å². The number of benzene rings is 1. The van der Waals surface area contributed by atoms with Crippen molar-refractivity contribution < 1.29 is 0 Å². The smallest absolute Gasteiger partial charge is 0.0595 e. The lowest BCUT2D eigenvalue weighted by Crippen LogP contribution is -2.37. The average molecular weight is 246 g/mol. The Bertz CT molecular complexity index is 342. The summed E-state index contributed by atoms with van der Waals surface area (Å²) >= 11 is 11.8. The molecule has 15 heavy (non-hydrogen) atoms. The molecule has 0 bridgehead atoms. The van der Waals surface area contributed by atoms with Gasteiger partial charge in [0.25, 0.3) is 0 Å². The highest BCUT2D eigenvalue weighted by atomic mass is 35.5. The van der Waals surface area contributed by atoms with Crippen molar-refractivity contribution in [3.05, 3.63) is 33.8 Å². The Balaban J connectivity index is 2.78. The van der Waals surface area contributed by atoms with Crippen LogP contribution in [0.4, 0.5) is 0 Å². The third-order valence-electron chi connectivity index (χ3n) is 2.55. The summed E-state index contributed by atoms with van der Waals surface area (Å²) in [7, 11) is 2.10. The monoisotopic (exact) mass is 245 g/mol. The quantitative estimate of drug-likeness (QED) is 0.755. The molecule has 0 aliphatic heterocycles. The van der Waals surface area contributed by atoms with Crippen LogP contribution in [0.3, 0.4) is 0 Å². The molecule has 0 saturated heterocycles. The van der Waals surface area contributed by atoms with Crippen LogP contribution in [0.1, 0.15) is 26.3 Å². The maximum atomic E-state index is 5.96. The lowest BCUT2D eigenvalue weighted by Gasteiger charge is -2.31. The molecule has 0 aliphatic rings. The molecule has 0 atom stereocenters.